The zero-order chi connectivity index (χ0) is 10.5. The van der Waals surface area contributed by atoms with Crippen LogP contribution in [0.15, 0.2) is 12.2 Å². The highest BCUT2D eigenvalue weighted by molar-refractivity contribution is 7.86. The van der Waals surface area contributed by atoms with Crippen molar-refractivity contribution >= 4 is 15.9 Å². The molecule has 0 aliphatic heterocycles. The molecule has 0 unspecified atom stereocenters. The Morgan fingerprint density at radius 3 is 2.29 bits per heavy atom. The predicted octanol–water partition coefficient (Wildman–Crippen LogP) is 1.05. The Kier molecular flexibility index (Phi) is 7.52. The van der Waals surface area contributed by atoms with E-state index in [0.717, 1.165) is 0 Å². The van der Waals surface area contributed by atoms with Gasteiger partial charge in [0.05, 0.1) is 12.4 Å². The minimum atomic E-state index is -3.42. The average Bonchev–Trinajstić information content (AvgIpc) is 2.04. The van der Waals surface area contributed by atoms with Crippen LogP contribution in [0.3, 0.4) is 0 Å². The van der Waals surface area contributed by atoms with Crippen LogP contribution in [0.5, 0.6) is 0 Å². The molecule has 84 valence electrons. The van der Waals surface area contributed by atoms with Crippen molar-refractivity contribution in [1.82, 2.24) is 6.15 Å². The van der Waals surface area contributed by atoms with Gasteiger partial charge < -0.3 is 6.15 Å². The summed E-state index contributed by atoms with van der Waals surface area (Å²) in [5.74, 6) is -0.250. The Balaban J connectivity index is 0. The molecule has 0 aromatic heterocycles. The lowest BCUT2D eigenvalue weighted by Crippen LogP contribution is -2.12. The Bertz CT molecular complexity index is 294. The Morgan fingerprint density at radius 2 is 1.93 bits per heavy atom. The lowest BCUT2D eigenvalue weighted by atomic mass is 10.2. The van der Waals surface area contributed by atoms with Gasteiger partial charge in [0.2, 0.25) is 0 Å². The monoisotopic (exact) mass is 223 g/mol. The van der Waals surface area contributed by atoms with Crippen molar-refractivity contribution in [2.24, 2.45) is 0 Å². The molecule has 0 amide bonds. The van der Waals surface area contributed by atoms with Gasteiger partial charge in [0, 0.05) is 6.42 Å². The molecule has 0 spiro atoms. The first kappa shape index (κ1) is 15.7. The number of carbonyl (C=O) groups is 1. The van der Waals surface area contributed by atoms with E-state index in [9.17, 15) is 13.2 Å². The third kappa shape index (κ3) is 6.76. The molecule has 0 aliphatic carbocycles. The third-order valence-electron chi connectivity index (χ3n) is 1.42. The minimum absolute atomic E-state index is 0. The molecule has 0 bridgehead atoms. The van der Waals surface area contributed by atoms with Gasteiger partial charge in [0.15, 0.2) is 5.78 Å². The summed E-state index contributed by atoms with van der Waals surface area (Å²) in [6, 6.07) is 0. The van der Waals surface area contributed by atoms with Crippen LogP contribution in [0.1, 0.15) is 20.3 Å². The highest BCUT2D eigenvalue weighted by atomic mass is 32.2. The molecule has 0 aliphatic rings. The fraction of sp³-hybridized carbons (Fsp3) is 0.625. The summed E-state index contributed by atoms with van der Waals surface area (Å²) in [6.45, 7) is 6.40. The molecule has 0 aromatic rings. The molecule has 14 heavy (non-hydrogen) atoms. The second-order valence-electron chi connectivity index (χ2n) is 2.62. The molecule has 0 saturated heterocycles. The summed E-state index contributed by atoms with van der Waals surface area (Å²) < 4.78 is 26.1. The van der Waals surface area contributed by atoms with Crippen LogP contribution in [-0.2, 0) is 19.1 Å². The summed E-state index contributed by atoms with van der Waals surface area (Å²) in [7, 11) is -3.42. The number of hydrogen-bond donors (Lipinski definition) is 1. The molecular formula is C8H17NO4S. The quantitative estimate of drug-likeness (QED) is 0.536. The summed E-state index contributed by atoms with van der Waals surface area (Å²) >= 11 is 0. The van der Waals surface area contributed by atoms with Crippen LogP contribution < -0.4 is 6.15 Å². The zero-order valence-electron chi connectivity index (χ0n) is 8.58. The van der Waals surface area contributed by atoms with E-state index in [2.05, 4.69) is 10.8 Å². The number of carbonyl (C=O) groups excluding carboxylic acids is 1. The van der Waals surface area contributed by atoms with Crippen LogP contribution in [0.25, 0.3) is 0 Å². The fourth-order valence-corrected chi connectivity index (χ4v) is 1.06. The molecule has 0 heterocycles. The van der Waals surface area contributed by atoms with Gasteiger partial charge in [-0.25, -0.2) is 0 Å². The maximum atomic E-state index is 10.9. The highest BCUT2D eigenvalue weighted by Crippen LogP contribution is 1.99. The van der Waals surface area contributed by atoms with Crippen molar-refractivity contribution in [2.75, 3.05) is 12.4 Å². The third-order valence-corrected chi connectivity index (χ3v) is 2.65. The van der Waals surface area contributed by atoms with Crippen molar-refractivity contribution in [2.45, 2.75) is 20.3 Å². The van der Waals surface area contributed by atoms with Gasteiger partial charge >= 0.3 is 0 Å². The summed E-state index contributed by atoms with van der Waals surface area (Å²) in [5, 5.41) is 0. The summed E-state index contributed by atoms with van der Waals surface area (Å²) in [4.78, 5) is 10.9. The molecule has 0 aromatic carbocycles. The second kappa shape index (κ2) is 6.69. The molecule has 0 fully saturated rings. The lowest BCUT2D eigenvalue weighted by molar-refractivity contribution is -0.115. The maximum Gasteiger partial charge on any atom is 0.267 e. The Hall–Kier alpha value is -0.720. The average molecular weight is 223 g/mol. The lowest BCUT2D eigenvalue weighted by Gasteiger charge is -2.01. The molecule has 0 saturated carbocycles. The molecule has 0 atom stereocenters. The predicted molar refractivity (Wildman–Crippen MR) is 54.9 cm³/mol. The normalized spacial score (nSPS) is 10.4. The van der Waals surface area contributed by atoms with E-state index in [0.29, 0.717) is 5.57 Å². The van der Waals surface area contributed by atoms with Gasteiger partial charge in [-0.1, -0.05) is 6.58 Å². The van der Waals surface area contributed by atoms with E-state index in [4.69, 9.17) is 0 Å². The van der Waals surface area contributed by atoms with Crippen LogP contribution >= 0.6 is 0 Å². The van der Waals surface area contributed by atoms with Crippen LogP contribution in [-0.4, -0.2) is 26.6 Å². The molecule has 0 rings (SSSR count). The first-order chi connectivity index (χ1) is 5.89. The van der Waals surface area contributed by atoms with E-state index >= 15 is 0 Å². The molecule has 5 nitrogen and oxygen atoms in total. The van der Waals surface area contributed by atoms with Crippen LogP contribution in [0, 0.1) is 0 Å². The smallest absolute Gasteiger partial charge is 0.267 e. The van der Waals surface area contributed by atoms with Gasteiger partial charge in [-0.15, -0.1) is 0 Å². The SMILES string of the molecule is C=C(C)C(=O)CCOS(=O)(=O)CC.N. The molecular weight excluding hydrogens is 206 g/mol. The van der Waals surface area contributed by atoms with Crippen molar-refractivity contribution in [3.8, 4) is 0 Å². The zero-order valence-corrected chi connectivity index (χ0v) is 9.39. The summed E-state index contributed by atoms with van der Waals surface area (Å²) in [6.07, 6.45) is 0.0641. The number of allylic oxidation sites excluding steroid dienone is 1. The fourth-order valence-electron chi connectivity index (χ4n) is 0.558. The first-order valence-corrected chi connectivity index (χ1v) is 5.52. The first-order valence-electron chi connectivity index (χ1n) is 3.95. The van der Waals surface area contributed by atoms with Crippen LogP contribution in [0.4, 0.5) is 0 Å². The van der Waals surface area contributed by atoms with Crippen molar-refractivity contribution in [3.05, 3.63) is 12.2 Å². The maximum absolute atomic E-state index is 10.9. The topological polar surface area (TPSA) is 95.4 Å². The molecule has 0 radical (unpaired) electrons. The van der Waals surface area contributed by atoms with E-state index in [1.165, 1.54) is 6.92 Å². The van der Waals surface area contributed by atoms with Gasteiger partial charge in [0.1, 0.15) is 0 Å². The minimum Gasteiger partial charge on any atom is -0.344 e. The van der Waals surface area contributed by atoms with E-state index < -0.39 is 10.1 Å². The Morgan fingerprint density at radius 1 is 1.43 bits per heavy atom. The number of rotatable bonds is 6. The number of ketones is 1. The van der Waals surface area contributed by atoms with Crippen LogP contribution in [0.2, 0.25) is 0 Å². The number of hydrogen-bond acceptors (Lipinski definition) is 5. The summed E-state index contributed by atoms with van der Waals surface area (Å²) in [5.41, 5.74) is 0.414. The molecule has 3 N–H and O–H groups in total. The second-order valence-corrected chi connectivity index (χ2v) is 4.55. The van der Waals surface area contributed by atoms with Gasteiger partial charge in [-0.3, -0.25) is 8.98 Å². The highest BCUT2D eigenvalue weighted by Gasteiger charge is 2.09. The Labute approximate surface area is 84.8 Å². The van der Waals surface area contributed by atoms with E-state index in [1.54, 1.807) is 6.92 Å². The van der Waals surface area contributed by atoms with Crippen molar-refractivity contribution in [1.29, 1.82) is 0 Å². The molecule has 6 heteroatoms. The van der Waals surface area contributed by atoms with Gasteiger partial charge in [0.25, 0.3) is 10.1 Å². The number of Topliss-reactive ketones (excluding diaryl/α,β-unsaturated/α-hetero) is 1. The van der Waals surface area contributed by atoms with Gasteiger partial charge in [-0.05, 0) is 19.4 Å². The van der Waals surface area contributed by atoms with Gasteiger partial charge in [-0.2, -0.15) is 8.42 Å². The van der Waals surface area contributed by atoms with Crippen molar-refractivity contribution in [3.63, 3.8) is 0 Å². The van der Waals surface area contributed by atoms with E-state index in [1.807, 2.05) is 0 Å². The largest absolute Gasteiger partial charge is 0.344 e. The van der Waals surface area contributed by atoms with Crippen molar-refractivity contribution < 1.29 is 17.4 Å². The standard InChI is InChI=1S/C8H14O4S.H3N/c1-4-13(10,11)12-6-5-8(9)7(2)3;/h2,4-6H2,1,3H3;1H3. The van der Waals surface area contributed by atoms with E-state index in [-0.39, 0.29) is 30.7 Å².